The van der Waals surface area contributed by atoms with Crippen LogP contribution in [-0.4, -0.2) is 21.4 Å². The fraction of sp³-hybridized carbons (Fsp3) is 0.200. The van der Waals surface area contributed by atoms with E-state index in [-0.39, 0.29) is 5.56 Å². The molecule has 0 bridgehead atoms. The van der Waals surface area contributed by atoms with Gasteiger partial charge in [0, 0.05) is 35.7 Å². The number of rotatable bonds is 4. The van der Waals surface area contributed by atoms with Gasteiger partial charge in [0.15, 0.2) is 0 Å². The van der Waals surface area contributed by atoms with Crippen molar-refractivity contribution < 1.29 is 17.6 Å². The van der Waals surface area contributed by atoms with Crippen LogP contribution in [0.25, 0.3) is 22.7 Å². The van der Waals surface area contributed by atoms with Crippen molar-refractivity contribution in [3.8, 4) is 22.7 Å². The molecule has 0 aliphatic carbocycles. The maximum atomic E-state index is 13.0. The number of halogens is 4. The summed E-state index contributed by atoms with van der Waals surface area (Å²) in [4.78, 5) is 22.3. The highest BCUT2D eigenvalue weighted by Crippen LogP contribution is 2.33. The SMILES string of the molecule is O=c1[nH]c(-c2ccc(Cl)cc2)nc2c1CN(Cc1ccc(-c3cccc(C(F)(F)F)c3)o1)CC2. The molecule has 9 heteroatoms. The van der Waals surface area contributed by atoms with Crippen LogP contribution < -0.4 is 5.56 Å². The number of aromatic nitrogens is 2. The van der Waals surface area contributed by atoms with Gasteiger partial charge in [0.1, 0.15) is 17.3 Å². The molecule has 3 heterocycles. The topological polar surface area (TPSA) is 62.1 Å². The molecule has 0 fully saturated rings. The number of benzene rings is 2. The van der Waals surface area contributed by atoms with E-state index < -0.39 is 11.7 Å². The maximum Gasteiger partial charge on any atom is 0.416 e. The Morgan fingerprint density at radius 1 is 1.06 bits per heavy atom. The van der Waals surface area contributed by atoms with Crippen LogP contribution in [0.1, 0.15) is 22.6 Å². The zero-order valence-corrected chi connectivity index (χ0v) is 18.6. The smallest absolute Gasteiger partial charge is 0.416 e. The molecule has 0 saturated heterocycles. The van der Waals surface area contributed by atoms with E-state index in [9.17, 15) is 18.0 Å². The van der Waals surface area contributed by atoms with Crippen molar-refractivity contribution in [1.29, 1.82) is 0 Å². The first-order chi connectivity index (χ1) is 16.3. The van der Waals surface area contributed by atoms with Crippen molar-refractivity contribution in [3.05, 3.63) is 98.6 Å². The quantitative estimate of drug-likeness (QED) is 0.389. The lowest BCUT2D eigenvalue weighted by molar-refractivity contribution is -0.137. The normalized spacial score (nSPS) is 14.2. The molecular weight excluding hydrogens is 467 g/mol. The van der Waals surface area contributed by atoms with Gasteiger partial charge in [-0.15, -0.1) is 0 Å². The molecule has 5 nitrogen and oxygen atoms in total. The number of alkyl halides is 3. The minimum atomic E-state index is -4.42. The first-order valence-electron chi connectivity index (χ1n) is 10.6. The van der Waals surface area contributed by atoms with Crippen LogP contribution in [0.2, 0.25) is 5.02 Å². The number of nitrogens with one attached hydrogen (secondary N) is 1. The summed E-state index contributed by atoms with van der Waals surface area (Å²) in [5.41, 5.74) is 1.59. The molecule has 1 N–H and O–H groups in total. The van der Waals surface area contributed by atoms with Crippen LogP contribution in [0.4, 0.5) is 13.2 Å². The summed E-state index contributed by atoms with van der Waals surface area (Å²) in [6.45, 7) is 1.50. The van der Waals surface area contributed by atoms with Gasteiger partial charge in [-0.05, 0) is 48.5 Å². The highest BCUT2D eigenvalue weighted by Gasteiger charge is 2.30. The van der Waals surface area contributed by atoms with Crippen molar-refractivity contribution in [3.63, 3.8) is 0 Å². The number of nitrogens with zero attached hydrogens (tertiary/aromatic N) is 2. The Kier molecular flexibility index (Phi) is 5.79. The number of hydrogen-bond acceptors (Lipinski definition) is 4. The molecule has 0 spiro atoms. The molecule has 34 heavy (non-hydrogen) atoms. The first-order valence-corrected chi connectivity index (χ1v) is 11.0. The highest BCUT2D eigenvalue weighted by molar-refractivity contribution is 6.30. The Morgan fingerprint density at radius 2 is 1.85 bits per heavy atom. The monoisotopic (exact) mass is 485 g/mol. The molecule has 2 aromatic carbocycles. The Bertz CT molecular complexity index is 1390. The van der Waals surface area contributed by atoms with Gasteiger partial charge in [0.25, 0.3) is 5.56 Å². The molecule has 0 unspecified atom stereocenters. The second kappa shape index (κ2) is 8.77. The third kappa shape index (κ3) is 4.64. The van der Waals surface area contributed by atoms with Crippen LogP contribution in [0.5, 0.6) is 0 Å². The van der Waals surface area contributed by atoms with Crippen LogP contribution in [-0.2, 0) is 25.7 Å². The van der Waals surface area contributed by atoms with Gasteiger partial charge in [-0.1, -0.05) is 23.7 Å². The van der Waals surface area contributed by atoms with Crippen LogP contribution >= 0.6 is 11.6 Å². The summed E-state index contributed by atoms with van der Waals surface area (Å²) < 4.78 is 44.9. The standard InChI is InChI=1S/C25H19ClF3N3O2/c26-18-6-4-15(5-7-18)23-30-21-10-11-32(14-20(21)24(33)31-23)13-19-8-9-22(34-19)16-2-1-3-17(12-16)25(27,28)29/h1-9,12H,10-11,13-14H2,(H,30,31,33). The van der Waals surface area contributed by atoms with E-state index in [0.29, 0.717) is 59.5 Å². The second-order valence-electron chi connectivity index (χ2n) is 8.15. The van der Waals surface area contributed by atoms with Gasteiger partial charge in [-0.3, -0.25) is 9.69 Å². The predicted octanol–water partition coefficient (Wildman–Crippen LogP) is 5.93. The third-order valence-corrected chi connectivity index (χ3v) is 6.03. The van der Waals surface area contributed by atoms with Crippen LogP contribution in [0.3, 0.4) is 0 Å². The molecule has 0 amide bonds. The van der Waals surface area contributed by atoms with Crippen molar-refractivity contribution in [1.82, 2.24) is 14.9 Å². The van der Waals surface area contributed by atoms with Gasteiger partial charge < -0.3 is 9.40 Å². The van der Waals surface area contributed by atoms with Crippen LogP contribution in [0.15, 0.2) is 69.9 Å². The molecule has 0 radical (unpaired) electrons. The molecule has 1 aliphatic heterocycles. The van der Waals surface area contributed by atoms with E-state index in [2.05, 4.69) is 14.9 Å². The number of hydrogen-bond donors (Lipinski definition) is 1. The molecular formula is C25H19ClF3N3O2. The Hall–Kier alpha value is -3.36. The van der Waals surface area contributed by atoms with E-state index in [1.807, 2.05) is 0 Å². The highest BCUT2D eigenvalue weighted by atomic mass is 35.5. The summed E-state index contributed by atoms with van der Waals surface area (Å²) in [6, 6.07) is 15.6. The molecule has 0 saturated carbocycles. The summed E-state index contributed by atoms with van der Waals surface area (Å²) in [5.74, 6) is 1.48. The van der Waals surface area contributed by atoms with E-state index in [0.717, 1.165) is 23.4 Å². The zero-order valence-electron chi connectivity index (χ0n) is 17.8. The lowest BCUT2D eigenvalue weighted by atomic mass is 10.1. The summed E-state index contributed by atoms with van der Waals surface area (Å²) in [5, 5.41) is 0.605. The summed E-state index contributed by atoms with van der Waals surface area (Å²) in [6.07, 6.45) is -3.82. The maximum absolute atomic E-state index is 13.0. The number of H-pyrrole nitrogens is 1. The van der Waals surface area contributed by atoms with E-state index in [4.69, 9.17) is 16.0 Å². The number of furan rings is 1. The van der Waals surface area contributed by atoms with Crippen molar-refractivity contribution in [2.75, 3.05) is 6.54 Å². The lowest BCUT2D eigenvalue weighted by Crippen LogP contribution is -2.35. The van der Waals surface area contributed by atoms with Gasteiger partial charge in [0.05, 0.1) is 23.4 Å². The Morgan fingerprint density at radius 3 is 2.62 bits per heavy atom. The minimum Gasteiger partial charge on any atom is -0.460 e. The number of fused-ring (bicyclic) bond motifs is 1. The van der Waals surface area contributed by atoms with Crippen LogP contribution in [0, 0.1) is 0 Å². The largest absolute Gasteiger partial charge is 0.460 e. The molecule has 2 aromatic heterocycles. The first kappa shape index (κ1) is 22.4. The van der Waals surface area contributed by atoms with Crippen molar-refractivity contribution in [2.24, 2.45) is 0 Å². The van der Waals surface area contributed by atoms with Gasteiger partial charge in [-0.2, -0.15) is 13.2 Å². The minimum absolute atomic E-state index is 0.191. The lowest BCUT2D eigenvalue weighted by Gasteiger charge is -2.26. The van der Waals surface area contributed by atoms with Crippen molar-refractivity contribution >= 4 is 11.6 Å². The fourth-order valence-corrected chi connectivity index (χ4v) is 4.17. The zero-order chi connectivity index (χ0) is 23.9. The Labute approximate surface area is 197 Å². The molecule has 174 valence electrons. The molecule has 4 aromatic rings. The summed E-state index contributed by atoms with van der Waals surface area (Å²) >= 11 is 5.94. The van der Waals surface area contributed by atoms with Gasteiger partial charge in [0.2, 0.25) is 0 Å². The summed E-state index contributed by atoms with van der Waals surface area (Å²) in [7, 11) is 0. The van der Waals surface area contributed by atoms with Crippen molar-refractivity contribution in [2.45, 2.75) is 25.7 Å². The average molecular weight is 486 g/mol. The van der Waals surface area contributed by atoms with E-state index >= 15 is 0 Å². The Balaban J connectivity index is 1.32. The molecule has 0 atom stereocenters. The number of aromatic amines is 1. The van der Waals surface area contributed by atoms with E-state index in [1.54, 1.807) is 42.5 Å². The van der Waals surface area contributed by atoms with Gasteiger partial charge >= 0.3 is 6.18 Å². The fourth-order valence-electron chi connectivity index (χ4n) is 4.05. The second-order valence-corrected chi connectivity index (χ2v) is 8.59. The molecule has 1 aliphatic rings. The molecule has 5 rings (SSSR count). The third-order valence-electron chi connectivity index (χ3n) is 5.78. The van der Waals surface area contributed by atoms with E-state index in [1.165, 1.54) is 6.07 Å². The van der Waals surface area contributed by atoms with Gasteiger partial charge in [-0.25, -0.2) is 4.98 Å². The predicted molar refractivity (Wildman–Crippen MR) is 122 cm³/mol. The average Bonchev–Trinajstić information content (AvgIpc) is 3.28.